The van der Waals surface area contributed by atoms with Crippen molar-refractivity contribution in [2.45, 2.75) is 23.8 Å². The van der Waals surface area contributed by atoms with Gasteiger partial charge in [0.05, 0.1) is 11.9 Å². The topological polar surface area (TPSA) is 59.1 Å². The lowest BCUT2D eigenvalue weighted by atomic mass is 10.4. The normalized spacial score (nSPS) is 16.6. The summed E-state index contributed by atoms with van der Waals surface area (Å²) in [6, 6.07) is 1.96. The lowest BCUT2D eigenvalue weighted by molar-refractivity contribution is 0.609. The van der Waals surface area contributed by atoms with Crippen LogP contribution in [0.2, 0.25) is 0 Å². The molecule has 0 unspecified atom stereocenters. The number of hydrogen-bond donors (Lipinski definition) is 1. The molecule has 76 valence electrons. The second-order valence-electron chi connectivity index (χ2n) is 3.27. The summed E-state index contributed by atoms with van der Waals surface area (Å²) in [5.41, 5.74) is 0.703. The second-order valence-corrected chi connectivity index (χ2v) is 5.83. The fraction of sp³-hybridized carbons (Fsp3) is 0.375. The van der Waals surface area contributed by atoms with Crippen molar-refractivity contribution in [3.05, 3.63) is 18.5 Å². The molecule has 1 aliphatic rings. The minimum absolute atomic E-state index is 0.0322. The first-order valence-corrected chi connectivity index (χ1v) is 6.53. The number of pyridine rings is 1. The van der Waals surface area contributed by atoms with Crippen LogP contribution in [0.15, 0.2) is 23.4 Å². The third kappa shape index (κ3) is 2.36. The zero-order valence-corrected chi connectivity index (χ0v) is 8.85. The zero-order valence-electron chi connectivity index (χ0n) is 7.27. The van der Waals surface area contributed by atoms with Gasteiger partial charge in [-0.25, -0.2) is 8.42 Å². The minimum atomic E-state index is -3.67. The minimum Gasteiger partial charge on any atom is -0.381 e. The quantitative estimate of drug-likeness (QED) is 0.804. The molecule has 2 rings (SSSR count). The van der Waals surface area contributed by atoms with Crippen molar-refractivity contribution in [1.82, 2.24) is 4.98 Å². The Balaban J connectivity index is 2.26. The van der Waals surface area contributed by atoms with Crippen molar-refractivity contribution >= 4 is 25.4 Å². The number of aromatic nitrogens is 1. The van der Waals surface area contributed by atoms with Crippen LogP contribution in [-0.4, -0.2) is 19.4 Å². The average Bonchev–Trinajstić information content (AvgIpc) is 2.87. The maximum Gasteiger partial charge on any atom is 0.262 e. The van der Waals surface area contributed by atoms with Gasteiger partial charge in [0.25, 0.3) is 9.05 Å². The number of halogens is 1. The van der Waals surface area contributed by atoms with Crippen LogP contribution in [0.3, 0.4) is 0 Å². The predicted octanol–water partition coefficient (Wildman–Crippen LogP) is 1.58. The molecule has 1 saturated carbocycles. The van der Waals surface area contributed by atoms with Crippen LogP contribution in [0.5, 0.6) is 0 Å². The van der Waals surface area contributed by atoms with Gasteiger partial charge in [0, 0.05) is 22.9 Å². The predicted molar refractivity (Wildman–Crippen MR) is 53.9 cm³/mol. The molecule has 4 nitrogen and oxygen atoms in total. The van der Waals surface area contributed by atoms with Crippen LogP contribution >= 0.6 is 10.7 Å². The van der Waals surface area contributed by atoms with Crippen molar-refractivity contribution in [1.29, 1.82) is 0 Å². The number of hydrogen-bond acceptors (Lipinski definition) is 4. The Morgan fingerprint density at radius 3 is 2.71 bits per heavy atom. The summed E-state index contributed by atoms with van der Waals surface area (Å²) >= 11 is 0. The Bertz CT molecular complexity index is 442. The maximum atomic E-state index is 11.0. The van der Waals surface area contributed by atoms with Gasteiger partial charge in [-0.15, -0.1) is 0 Å². The van der Waals surface area contributed by atoms with Crippen LogP contribution in [0.25, 0.3) is 0 Å². The van der Waals surface area contributed by atoms with Crippen molar-refractivity contribution in [2.75, 3.05) is 5.32 Å². The van der Waals surface area contributed by atoms with Crippen LogP contribution in [0, 0.1) is 0 Å². The van der Waals surface area contributed by atoms with Gasteiger partial charge in [0.2, 0.25) is 0 Å². The molecule has 0 aliphatic heterocycles. The Labute approximate surface area is 86.7 Å². The summed E-state index contributed by atoms with van der Waals surface area (Å²) in [7, 11) is 1.52. The smallest absolute Gasteiger partial charge is 0.262 e. The van der Waals surface area contributed by atoms with E-state index in [9.17, 15) is 8.42 Å². The molecule has 0 atom stereocenters. The van der Waals surface area contributed by atoms with Gasteiger partial charge in [-0.3, -0.25) is 4.98 Å². The molecule has 6 heteroatoms. The van der Waals surface area contributed by atoms with E-state index in [1.807, 2.05) is 0 Å². The average molecular weight is 233 g/mol. The van der Waals surface area contributed by atoms with Crippen molar-refractivity contribution in [2.24, 2.45) is 0 Å². The molecule has 0 saturated heterocycles. The van der Waals surface area contributed by atoms with Gasteiger partial charge < -0.3 is 5.32 Å². The molecule has 1 aromatic rings. The van der Waals surface area contributed by atoms with Gasteiger partial charge in [-0.2, -0.15) is 0 Å². The molecule has 14 heavy (non-hydrogen) atoms. The maximum absolute atomic E-state index is 11.0. The highest BCUT2D eigenvalue weighted by Gasteiger charge is 2.21. The molecular formula is C8H9ClN2O2S. The summed E-state index contributed by atoms with van der Waals surface area (Å²) in [4.78, 5) is 3.84. The van der Waals surface area contributed by atoms with Gasteiger partial charge in [-0.05, 0) is 18.9 Å². The Kier molecular flexibility index (Phi) is 2.36. The van der Waals surface area contributed by atoms with Gasteiger partial charge in [0.15, 0.2) is 0 Å². The molecule has 1 aromatic heterocycles. The van der Waals surface area contributed by atoms with Crippen LogP contribution < -0.4 is 5.32 Å². The van der Waals surface area contributed by atoms with Gasteiger partial charge in [-0.1, -0.05) is 0 Å². The van der Waals surface area contributed by atoms with E-state index in [-0.39, 0.29) is 4.90 Å². The highest BCUT2D eigenvalue weighted by molar-refractivity contribution is 8.13. The number of nitrogens with one attached hydrogen (secondary N) is 1. The Hall–Kier alpha value is -0.810. The third-order valence-corrected chi connectivity index (χ3v) is 3.26. The van der Waals surface area contributed by atoms with Crippen molar-refractivity contribution in [3.63, 3.8) is 0 Å². The first-order chi connectivity index (χ1) is 6.55. The largest absolute Gasteiger partial charge is 0.381 e. The second kappa shape index (κ2) is 3.40. The van der Waals surface area contributed by atoms with E-state index in [1.54, 1.807) is 6.20 Å². The van der Waals surface area contributed by atoms with Crippen LogP contribution in [-0.2, 0) is 9.05 Å². The summed E-state index contributed by atoms with van der Waals surface area (Å²) in [6.07, 6.45) is 5.07. The lowest BCUT2D eigenvalue weighted by Crippen LogP contribution is -2.02. The number of nitrogens with zero attached hydrogens (tertiary/aromatic N) is 1. The fourth-order valence-corrected chi connectivity index (χ4v) is 1.80. The van der Waals surface area contributed by atoms with Crippen LogP contribution in [0.1, 0.15) is 12.8 Å². The third-order valence-electron chi connectivity index (χ3n) is 1.94. The Morgan fingerprint density at radius 2 is 2.14 bits per heavy atom. The monoisotopic (exact) mass is 232 g/mol. The molecule has 0 spiro atoms. The van der Waals surface area contributed by atoms with E-state index in [1.165, 1.54) is 12.3 Å². The van der Waals surface area contributed by atoms with E-state index in [0.29, 0.717) is 11.7 Å². The fourth-order valence-electron chi connectivity index (χ4n) is 1.09. The standard InChI is InChI=1S/C8H9ClN2O2S/c9-14(12,13)8-3-7(4-10-5-8)11-6-1-2-6/h3-6,11H,1-2H2. The molecule has 0 radical (unpaired) electrons. The zero-order chi connectivity index (χ0) is 10.2. The van der Waals surface area contributed by atoms with E-state index in [4.69, 9.17) is 10.7 Å². The molecule has 0 aromatic carbocycles. The summed E-state index contributed by atoms with van der Waals surface area (Å²) in [6.45, 7) is 0. The highest BCUT2D eigenvalue weighted by atomic mass is 35.7. The van der Waals surface area contributed by atoms with Crippen LogP contribution in [0.4, 0.5) is 5.69 Å². The van der Waals surface area contributed by atoms with E-state index in [2.05, 4.69) is 10.3 Å². The molecule has 1 aliphatic carbocycles. The number of rotatable bonds is 3. The molecule has 1 heterocycles. The van der Waals surface area contributed by atoms with Gasteiger partial charge >= 0.3 is 0 Å². The summed E-state index contributed by atoms with van der Waals surface area (Å²) in [5, 5.41) is 3.14. The van der Waals surface area contributed by atoms with Crippen molar-refractivity contribution < 1.29 is 8.42 Å². The molecule has 1 N–H and O–H groups in total. The first kappa shape index (κ1) is 9.73. The molecule has 1 fully saturated rings. The summed E-state index contributed by atoms with van der Waals surface area (Å²) in [5.74, 6) is 0. The molecule has 0 bridgehead atoms. The highest BCUT2D eigenvalue weighted by Crippen LogP contribution is 2.25. The first-order valence-electron chi connectivity index (χ1n) is 4.22. The Morgan fingerprint density at radius 1 is 1.43 bits per heavy atom. The number of anilines is 1. The van der Waals surface area contributed by atoms with E-state index < -0.39 is 9.05 Å². The molecular weight excluding hydrogens is 224 g/mol. The molecule has 0 amide bonds. The van der Waals surface area contributed by atoms with E-state index >= 15 is 0 Å². The SMILES string of the molecule is O=S(=O)(Cl)c1cncc(NC2CC2)c1. The van der Waals surface area contributed by atoms with E-state index in [0.717, 1.165) is 12.8 Å². The van der Waals surface area contributed by atoms with Crippen molar-refractivity contribution in [3.8, 4) is 0 Å². The summed E-state index contributed by atoms with van der Waals surface area (Å²) < 4.78 is 22.0. The van der Waals surface area contributed by atoms with Gasteiger partial charge in [0.1, 0.15) is 4.90 Å². The lowest BCUT2D eigenvalue weighted by Gasteiger charge is -2.04.